The molecule has 1 aliphatic rings. The van der Waals surface area contributed by atoms with Crippen molar-refractivity contribution < 1.29 is 9.26 Å². The monoisotopic (exact) mass is 528 g/mol. The summed E-state index contributed by atoms with van der Waals surface area (Å²) in [5, 5.41) is 14.1. The van der Waals surface area contributed by atoms with Gasteiger partial charge in [0, 0.05) is 44.7 Å². The van der Waals surface area contributed by atoms with Crippen molar-refractivity contribution >= 4 is 11.2 Å². The quantitative estimate of drug-likeness (QED) is 0.338. The fourth-order valence-electron chi connectivity index (χ4n) is 5.34. The Bertz CT molecular complexity index is 1630. The highest BCUT2D eigenvalue weighted by molar-refractivity contribution is 5.78. The zero-order valence-corrected chi connectivity index (χ0v) is 23.8. The molecular formula is C30H36N6O3. The number of ether oxygens (including phenoxy) is 1. The van der Waals surface area contributed by atoms with Crippen molar-refractivity contribution in [2.24, 2.45) is 12.5 Å². The maximum Gasteiger partial charge on any atom is 0.330 e. The van der Waals surface area contributed by atoms with Crippen LogP contribution >= 0.6 is 0 Å². The van der Waals surface area contributed by atoms with Crippen molar-refractivity contribution in [1.29, 1.82) is 5.26 Å². The minimum absolute atomic E-state index is 0.0145. The number of pyridine rings is 1. The van der Waals surface area contributed by atoms with Crippen LogP contribution in [0.2, 0.25) is 0 Å². The maximum atomic E-state index is 13.0. The Kier molecular flexibility index (Phi) is 6.85. The Morgan fingerprint density at radius 1 is 1.23 bits per heavy atom. The predicted octanol–water partition coefficient (Wildman–Crippen LogP) is 5.21. The molecule has 1 aromatic carbocycles. The number of nitriles is 1. The number of imidazole rings is 1. The van der Waals surface area contributed by atoms with Gasteiger partial charge in [0.1, 0.15) is 5.76 Å². The van der Waals surface area contributed by atoms with E-state index in [0.717, 1.165) is 34.5 Å². The third-order valence-corrected chi connectivity index (χ3v) is 6.99. The van der Waals surface area contributed by atoms with E-state index >= 15 is 0 Å². The van der Waals surface area contributed by atoms with Crippen molar-refractivity contribution in [3.63, 3.8) is 0 Å². The summed E-state index contributed by atoms with van der Waals surface area (Å²) in [6, 6.07) is 12.0. The number of hydrogen-bond acceptors (Lipinski definition) is 7. The van der Waals surface area contributed by atoms with Crippen LogP contribution in [0.15, 0.2) is 39.6 Å². The molecule has 1 unspecified atom stereocenters. The van der Waals surface area contributed by atoms with Gasteiger partial charge in [0.2, 0.25) is 0 Å². The van der Waals surface area contributed by atoms with Crippen LogP contribution in [-0.4, -0.2) is 36.8 Å². The van der Waals surface area contributed by atoms with Gasteiger partial charge in [-0.3, -0.25) is 14.0 Å². The van der Waals surface area contributed by atoms with Crippen LogP contribution in [0.25, 0.3) is 22.4 Å². The fourth-order valence-corrected chi connectivity index (χ4v) is 5.34. The largest absolute Gasteiger partial charge is 0.473 e. The minimum Gasteiger partial charge on any atom is -0.473 e. The van der Waals surface area contributed by atoms with Crippen LogP contribution in [0.5, 0.6) is 5.88 Å². The predicted molar refractivity (Wildman–Crippen MR) is 149 cm³/mol. The lowest BCUT2D eigenvalue weighted by atomic mass is 9.96. The second kappa shape index (κ2) is 10.0. The number of aryl methyl sites for hydroxylation is 1. The Morgan fingerprint density at radius 3 is 2.69 bits per heavy atom. The van der Waals surface area contributed by atoms with Gasteiger partial charge in [0.25, 0.3) is 5.88 Å². The van der Waals surface area contributed by atoms with Crippen LogP contribution in [0.1, 0.15) is 69.9 Å². The lowest BCUT2D eigenvalue weighted by Gasteiger charge is -2.30. The van der Waals surface area contributed by atoms with Crippen LogP contribution in [0.3, 0.4) is 0 Å². The molecule has 0 bridgehead atoms. The first-order valence-corrected chi connectivity index (χ1v) is 13.4. The minimum atomic E-state index is -0.0908. The van der Waals surface area contributed by atoms with Crippen molar-refractivity contribution in [2.75, 3.05) is 6.54 Å². The Hall–Kier alpha value is -3.90. The van der Waals surface area contributed by atoms with E-state index in [1.807, 2.05) is 44.2 Å². The Morgan fingerprint density at radius 2 is 2.00 bits per heavy atom. The summed E-state index contributed by atoms with van der Waals surface area (Å²) in [6.07, 6.45) is 0.0145. The van der Waals surface area contributed by atoms with E-state index in [1.54, 1.807) is 16.2 Å². The summed E-state index contributed by atoms with van der Waals surface area (Å²) in [6.45, 7) is 15.2. The number of nitrogens with zero attached hydrogens (tertiary/aromatic N) is 6. The maximum absolute atomic E-state index is 13.0. The van der Waals surface area contributed by atoms with Crippen molar-refractivity contribution in [2.45, 2.75) is 73.2 Å². The molecule has 0 aliphatic carbocycles. The van der Waals surface area contributed by atoms with Crippen LogP contribution in [-0.2, 0) is 26.7 Å². The first-order chi connectivity index (χ1) is 18.4. The zero-order valence-electron chi connectivity index (χ0n) is 23.8. The van der Waals surface area contributed by atoms with Gasteiger partial charge in [-0.25, -0.2) is 9.78 Å². The van der Waals surface area contributed by atoms with Crippen molar-refractivity contribution in [3.8, 4) is 23.2 Å². The van der Waals surface area contributed by atoms with E-state index < -0.39 is 0 Å². The highest BCUT2D eigenvalue weighted by Crippen LogP contribution is 2.35. The molecule has 5 rings (SSSR count). The van der Waals surface area contributed by atoms with Crippen molar-refractivity contribution in [3.05, 3.63) is 63.3 Å². The highest BCUT2D eigenvalue weighted by atomic mass is 16.5. The van der Waals surface area contributed by atoms with E-state index in [0.29, 0.717) is 42.4 Å². The summed E-state index contributed by atoms with van der Waals surface area (Å²) in [5.74, 6) is 1.65. The van der Waals surface area contributed by atoms with Gasteiger partial charge in [-0.1, -0.05) is 33.8 Å². The second-order valence-corrected chi connectivity index (χ2v) is 12.1. The van der Waals surface area contributed by atoms with Gasteiger partial charge in [0.05, 0.1) is 34.5 Å². The third kappa shape index (κ3) is 5.21. The fraction of sp³-hybridized carbons (Fsp3) is 0.467. The molecule has 0 spiro atoms. The molecule has 0 N–H and O–H groups in total. The highest BCUT2D eigenvalue weighted by Gasteiger charge is 2.31. The standard InChI is InChI=1S/C30H36N6O3/c1-18(2)38-28-23-16-35(14-19(3)26(23)39-33-28)15-20-8-9-21(13-31)22(12-20)24-10-11-25-27(32-24)34(7)29(37)36(25)17-30(4,5)6/h8-12,18-19H,14-17H2,1-7H3. The second-order valence-electron chi connectivity index (χ2n) is 12.1. The summed E-state index contributed by atoms with van der Waals surface area (Å²) in [5.41, 5.74) is 5.31. The molecule has 3 aromatic heterocycles. The smallest absolute Gasteiger partial charge is 0.330 e. The van der Waals surface area contributed by atoms with Gasteiger partial charge >= 0.3 is 5.69 Å². The molecule has 204 valence electrons. The van der Waals surface area contributed by atoms with Gasteiger partial charge in [-0.2, -0.15) is 5.26 Å². The molecule has 39 heavy (non-hydrogen) atoms. The molecule has 1 aliphatic heterocycles. The summed E-state index contributed by atoms with van der Waals surface area (Å²) < 4.78 is 14.9. The number of benzene rings is 1. The topological polar surface area (TPSA) is 102 Å². The number of rotatable bonds is 6. The van der Waals surface area contributed by atoms with Gasteiger partial charge in [-0.05, 0) is 54.2 Å². The molecule has 4 aromatic rings. The van der Waals surface area contributed by atoms with E-state index in [4.69, 9.17) is 14.2 Å². The molecule has 0 radical (unpaired) electrons. The summed E-state index contributed by atoms with van der Waals surface area (Å²) in [4.78, 5) is 20.2. The average Bonchev–Trinajstić information content (AvgIpc) is 3.37. The van der Waals surface area contributed by atoms with E-state index in [9.17, 15) is 10.1 Å². The van der Waals surface area contributed by atoms with E-state index in [1.165, 1.54) is 0 Å². The van der Waals surface area contributed by atoms with E-state index in [2.05, 4.69) is 43.8 Å². The number of hydrogen-bond donors (Lipinski definition) is 0. The molecule has 4 heterocycles. The summed E-state index contributed by atoms with van der Waals surface area (Å²) >= 11 is 0. The molecule has 1 atom stereocenters. The average molecular weight is 529 g/mol. The SMILES string of the molecule is CC(C)Oc1noc2c1CN(Cc1ccc(C#N)c(-c3ccc4c(n3)n(C)c(=O)n4CC(C)(C)C)c1)CC2C. The molecule has 9 heteroatoms. The molecule has 0 saturated carbocycles. The molecule has 9 nitrogen and oxygen atoms in total. The van der Waals surface area contributed by atoms with Crippen LogP contribution in [0, 0.1) is 16.7 Å². The first-order valence-electron chi connectivity index (χ1n) is 13.4. The zero-order chi connectivity index (χ0) is 28.1. The molecule has 0 fully saturated rings. The van der Waals surface area contributed by atoms with Gasteiger partial charge < -0.3 is 9.26 Å². The Balaban J connectivity index is 1.47. The van der Waals surface area contributed by atoms with Crippen molar-refractivity contribution in [1.82, 2.24) is 24.2 Å². The molecular weight excluding hydrogens is 492 g/mol. The van der Waals surface area contributed by atoms with Crippen LogP contribution < -0.4 is 10.4 Å². The molecule has 0 saturated heterocycles. The lowest BCUT2D eigenvalue weighted by molar-refractivity contribution is 0.202. The lowest BCUT2D eigenvalue weighted by Crippen LogP contribution is -2.32. The number of fused-ring (bicyclic) bond motifs is 2. The van der Waals surface area contributed by atoms with Crippen LogP contribution in [0.4, 0.5) is 0 Å². The molecule has 0 amide bonds. The Labute approximate surface area is 228 Å². The summed E-state index contributed by atoms with van der Waals surface area (Å²) in [7, 11) is 1.75. The number of aromatic nitrogens is 4. The third-order valence-electron chi connectivity index (χ3n) is 6.99. The van der Waals surface area contributed by atoms with E-state index in [-0.39, 0.29) is 23.1 Å². The van der Waals surface area contributed by atoms with Gasteiger partial charge in [-0.15, -0.1) is 0 Å². The first kappa shape index (κ1) is 26.7. The normalized spacial score (nSPS) is 16.0. The van der Waals surface area contributed by atoms with Gasteiger partial charge in [0.15, 0.2) is 5.65 Å².